The number of para-hydroxylation sites is 1. The van der Waals surface area contributed by atoms with Crippen molar-refractivity contribution in [3.63, 3.8) is 0 Å². The fourth-order valence-corrected chi connectivity index (χ4v) is 4.23. The van der Waals surface area contributed by atoms with E-state index in [2.05, 4.69) is 23.9 Å². The van der Waals surface area contributed by atoms with Gasteiger partial charge in [0, 0.05) is 23.9 Å². The summed E-state index contributed by atoms with van der Waals surface area (Å²) in [5.41, 5.74) is 1.07. The van der Waals surface area contributed by atoms with Crippen molar-refractivity contribution in [2.45, 2.75) is 65.1 Å². The molecule has 1 aromatic carbocycles. The molecule has 3 aromatic rings. The molecule has 0 bridgehead atoms. The maximum absolute atomic E-state index is 13.0. The Kier molecular flexibility index (Phi) is 4.45. The summed E-state index contributed by atoms with van der Waals surface area (Å²) in [4.78, 5) is 32.4. The molecule has 1 amide bonds. The van der Waals surface area contributed by atoms with Crippen LogP contribution < -0.4 is 5.69 Å². The fourth-order valence-electron chi connectivity index (χ4n) is 4.23. The summed E-state index contributed by atoms with van der Waals surface area (Å²) in [5, 5.41) is 5.33. The van der Waals surface area contributed by atoms with Crippen LogP contribution >= 0.6 is 0 Å². The normalized spacial score (nSPS) is 20.5. The Labute approximate surface area is 157 Å². The van der Waals surface area contributed by atoms with Crippen molar-refractivity contribution in [3.05, 3.63) is 40.6 Å². The minimum absolute atomic E-state index is 0.0350. The van der Waals surface area contributed by atoms with Crippen LogP contribution in [0.3, 0.4) is 0 Å². The molecule has 2 unspecified atom stereocenters. The Morgan fingerprint density at radius 3 is 2.59 bits per heavy atom. The molecular weight excluding hydrogens is 342 g/mol. The van der Waals surface area contributed by atoms with Crippen molar-refractivity contribution >= 4 is 22.5 Å². The van der Waals surface area contributed by atoms with Gasteiger partial charge in [-0.05, 0) is 45.2 Å². The molecule has 2 aromatic heterocycles. The van der Waals surface area contributed by atoms with Gasteiger partial charge in [-0.25, -0.2) is 18.9 Å². The second-order valence-electron chi connectivity index (χ2n) is 7.43. The van der Waals surface area contributed by atoms with E-state index in [1.165, 1.54) is 4.68 Å². The lowest BCUT2D eigenvalue weighted by atomic mass is 9.97. The van der Waals surface area contributed by atoms with Crippen molar-refractivity contribution in [3.8, 4) is 0 Å². The van der Waals surface area contributed by atoms with Gasteiger partial charge in [0.1, 0.15) is 12.4 Å². The van der Waals surface area contributed by atoms with E-state index < -0.39 is 0 Å². The van der Waals surface area contributed by atoms with E-state index in [1.54, 1.807) is 4.40 Å². The van der Waals surface area contributed by atoms with Gasteiger partial charge in [-0.15, -0.1) is 5.10 Å². The molecular formula is C20H25N5O2. The molecule has 7 heteroatoms. The van der Waals surface area contributed by atoms with Crippen LogP contribution in [0, 0.1) is 0 Å². The summed E-state index contributed by atoms with van der Waals surface area (Å²) < 4.78 is 2.83. The Morgan fingerprint density at radius 2 is 1.89 bits per heavy atom. The van der Waals surface area contributed by atoms with Crippen LogP contribution in [0.1, 0.15) is 45.9 Å². The van der Waals surface area contributed by atoms with E-state index in [1.807, 2.05) is 36.1 Å². The molecule has 4 rings (SSSR count). The number of carbonyl (C=O) groups excluding carboxylic acids is 1. The van der Waals surface area contributed by atoms with Gasteiger partial charge in [-0.3, -0.25) is 4.79 Å². The lowest BCUT2D eigenvalue weighted by Crippen LogP contribution is -2.49. The molecule has 3 heterocycles. The van der Waals surface area contributed by atoms with Crippen molar-refractivity contribution in [2.75, 3.05) is 0 Å². The maximum Gasteiger partial charge on any atom is 0.352 e. The zero-order valence-corrected chi connectivity index (χ0v) is 16.1. The quantitative estimate of drug-likeness (QED) is 0.713. The monoisotopic (exact) mass is 367 g/mol. The van der Waals surface area contributed by atoms with Crippen LogP contribution in [0.4, 0.5) is 0 Å². The highest BCUT2D eigenvalue weighted by molar-refractivity contribution is 5.91. The van der Waals surface area contributed by atoms with Crippen molar-refractivity contribution < 1.29 is 4.79 Å². The topological polar surface area (TPSA) is 72.5 Å². The van der Waals surface area contributed by atoms with Crippen molar-refractivity contribution in [2.24, 2.45) is 0 Å². The van der Waals surface area contributed by atoms with Gasteiger partial charge in [0.05, 0.1) is 5.52 Å². The molecule has 0 saturated carbocycles. The fraction of sp³-hybridized carbons (Fsp3) is 0.500. The number of carbonyl (C=O) groups is 1. The number of hydrogen-bond donors (Lipinski definition) is 0. The first-order chi connectivity index (χ1) is 13.0. The van der Waals surface area contributed by atoms with Gasteiger partial charge < -0.3 is 4.90 Å². The summed E-state index contributed by atoms with van der Waals surface area (Å²) in [7, 11) is 0. The Bertz CT molecular complexity index is 1060. The van der Waals surface area contributed by atoms with Gasteiger partial charge in [0.15, 0.2) is 5.65 Å². The van der Waals surface area contributed by atoms with Crippen LogP contribution in [0.5, 0.6) is 0 Å². The zero-order chi connectivity index (χ0) is 19.1. The number of amides is 1. The summed E-state index contributed by atoms with van der Waals surface area (Å²) in [6.45, 7) is 6.08. The molecule has 1 aliphatic rings. The highest BCUT2D eigenvalue weighted by Gasteiger charge is 2.29. The summed E-state index contributed by atoms with van der Waals surface area (Å²) in [6.07, 6.45) is 3.76. The van der Waals surface area contributed by atoms with Crippen molar-refractivity contribution in [1.82, 2.24) is 24.1 Å². The number of aromatic nitrogens is 4. The second kappa shape index (κ2) is 6.79. The molecule has 1 aliphatic heterocycles. The summed E-state index contributed by atoms with van der Waals surface area (Å²) in [6, 6.07) is 8.04. The van der Waals surface area contributed by atoms with Crippen LogP contribution in [0.2, 0.25) is 0 Å². The van der Waals surface area contributed by atoms with Crippen LogP contribution in [0.25, 0.3) is 16.6 Å². The summed E-state index contributed by atoms with van der Waals surface area (Å²) in [5.74, 6) is 0.614. The predicted octanol–water partition coefficient (Wildman–Crippen LogP) is 2.40. The molecule has 27 heavy (non-hydrogen) atoms. The first kappa shape index (κ1) is 17.7. The van der Waals surface area contributed by atoms with Crippen LogP contribution in [-0.4, -0.2) is 42.1 Å². The van der Waals surface area contributed by atoms with Crippen molar-refractivity contribution in [1.29, 1.82) is 0 Å². The van der Waals surface area contributed by atoms with E-state index in [9.17, 15) is 9.59 Å². The molecule has 7 nitrogen and oxygen atoms in total. The van der Waals surface area contributed by atoms with Gasteiger partial charge >= 0.3 is 5.69 Å². The minimum atomic E-state index is -0.300. The number of fused-ring (bicyclic) bond motifs is 3. The van der Waals surface area contributed by atoms with Gasteiger partial charge in [-0.1, -0.05) is 19.1 Å². The number of likely N-dealkylation sites (tertiary alicyclic amines) is 1. The number of benzene rings is 1. The molecule has 0 spiro atoms. The lowest BCUT2D eigenvalue weighted by molar-refractivity contribution is -0.138. The van der Waals surface area contributed by atoms with E-state index in [-0.39, 0.29) is 30.2 Å². The highest BCUT2D eigenvalue weighted by Crippen LogP contribution is 2.23. The minimum Gasteiger partial charge on any atom is -0.336 e. The Morgan fingerprint density at radius 1 is 1.19 bits per heavy atom. The average Bonchev–Trinajstić information content (AvgIpc) is 2.98. The second-order valence-corrected chi connectivity index (χ2v) is 7.43. The standard InChI is InChI=1S/C20H25N5O2/c1-4-17-21-16-11-6-5-10-15(16)19-22-23(20(27)25(17)19)12-18(26)24-13(2)8-7-9-14(24)3/h5-6,10-11,13-14H,4,7-9,12H2,1-3H3. The Hall–Kier alpha value is -2.70. The molecule has 0 radical (unpaired) electrons. The smallest absolute Gasteiger partial charge is 0.336 e. The number of hydrogen-bond acceptors (Lipinski definition) is 4. The SMILES string of the molecule is CCc1nc2ccccc2c2nn(CC(=O)N3C(C)CCCC3C)c(=O)n12. The van der Waals surface area contributed by atoms with E-state index >= 15 is 0 Å². The number of nitrogens with zero attached hydrogens (tertiary/aromatic N) is 5. The third-order valence-corrected chi connectivity index (χ3v) is 5.57. The van der Waals surface area contributed by atoms with Gasteiger partial charge in [-0.2, -0.15) is 0 Å². The van der Waals surface area contributed by atoms with E-state index in [0.29, 0.717) is 17.9 Å². The molecule has 1 fully saturated rings. The molecule has 2 atom stereocenters. The number of piperidine rings is 1. The van der Waals surface area contributed by atoms with Crippen LogP contribution in [-0.2, 0) is 17.8 Å². The highest BCUT2D eigenvalue weighted by atomic mass is 16.2. The molecule has 0 aliphatic carbocycles. The first-order valence-electron chi connectivity index (χ1n) is 9.69. The first-order valence-corrected chi connectivity index (χ1v) is 9.69. The van der Waals surface area contributed by atoms with E-state index in [4.69, 9.17) is 0 Å². The van der Waals surface area contributed by atoms with Gasteiger partial charge in [0.25, 0.3) is 0 Å². The third kappa shape index (κ3) is 2.91. The van der Waals surface area contributed by atoms with E-state index in [0.717, 1.165) is 30.2 Å². The predicted molar refractivity (Wildman–Crippen MR) is 104 cm³/mol. The summed E-state index contributed by atoms with van der Waals surface area (Å²) >= 11 is 0. The average molecular weight is 367 g/mol. The number of rotatable bonds is 3. The Balaban J connectivity index is 1.79. The maximum atomic E-state index is 13.0. The van der Waals surface area contributed by atoms with Gasteiger partial charge in [0.2, 0.25) is 5.91 Å². The van der Waals surface area contributed by atoms with Crippen LogP contribution in [0.15, 0.2) is 29.1 Å². The number of aryl methyl sites for hydroxylation is 1. The third-order valence-electron chi connectivity index (χ3n) is 5.57. The lowest BCUT2D eigenvalue weighted by Gasteiger charge is -2.39. The molecule has 0 N–H and O–H groups in total. The molecule has 1 saturated heterocycles. The largest absolute Gasteiger partial charge is 0.352 e. The molecule has 142 valence electrons. The zero-order valence-electron chi connectivity index (χ0n) is 16.1.